The molecule has 0 radical (unpaired) electrons. The summed E-state index contributed by atoms with van der Waals surface area (Å²) in [6.45, 7) is 0. The van der Waals surface area contributed by atoms with Gasteiger partial charge in [0.15, 0.2) is 0 Å². The van der Waals surface area contributed by atoms with Crippen molar-refractivity contribution in [3.05, 3.63) is 52.3 Å². The molecule has 25 heavy (non-hydrogen) atoms. The third-order valence-electron chi connectivity index (χ3n) is 3.86. The summed E-state index contributed by atoms with van der Waals surface area (Å²) < 4.78 is 9.92. The molecule has 0 fully saturated rings. The highest BCUT2D eigenvalue weighted by molar-refractivity contribution is 7.10. The van der Waals surface area contributed by atoms with Crippen molar-refractivity contribution in [3.8, 4) is 5.75 Å². The Labute approximate surface area is 148 Å². The number of thiophene rings is 1. The Morgan fingerprint density at radius 3 is 2.76 bits per heavy atom. The van der Waals surface area contributed by atoms with Crippen LogP contribution in [0.3, 0.4) is 0 Å². The summed E-state index contributed by atoms with van der Waals surface area (Å²) in [5.41, 5.74) is 1.24. The number of benzene rings is 1. The van der Waals surface area contributed by atoms with Crippen molar-refractivity contribution in [2.75, 3.05) is 14.2 Å². The molecule has 2 heterocycles. The van der Waals surface area contributed by atoms with E-state index in [4.69, 9.17) is 9.47 Å². The average Bonchev–Trinajstić information content (AvgIpc) is 3.29. The predicted molar refractivity (Wildman–Crippen MR) is 96.0 cm³/mol. The number of rotatable bonds is 6. The van der Waals surface area contributed by atoms with Crippen molar-refractivity contribution >= 4 is 34.1 Å². The van der Waals surface area contributed by atoms with Crippen LogP contribution in [0.25, 0.3) is 10.9 Å². The van der Waals surface area contributed by atoms with Crippen LogP contribution >= 0.6 is 11.3 Å². The summed E-state index contributed by atoms with van der Waals surface area (Å²) in [5.74, 6) is 0.0565. The lowest BCUT2D eigenvalue weighted by molar-refractivity contribution is -0.141. The van der Waals surface area contributed by atoms with Crippen LogP contribution in [0.2, 0.25) is 0 Å². The highest BCUT2D eigenvalue weighted by Crippen LogP contribution is 2.24. The lowest BCUT2D eigenvalue weighted by Crippen LogP contribution is -2.30. The number of aromatic amines is 1. The van der Waals surface area contributed by atoms with E-state index in [1.54, 1.807) is 13.2 Å². The Morgan fingerprint density at radius 2 is 2.08 bits per heavy atom. The van der Waals surface area contributed by atoms with Crippen molar-refractivity contribution in [3.63, 3.8) is 0 Å². The second-order valence-electron chi connectivity index (χ2n) is 5.46. The van der Waals surface area contributed by atoms with Gasteiger partial charge in [-0.2, -0.15) is 0 Å². The highest BCUT2D eigenvalue weighted by Gasteiger charge is 2.21. The zero-order chi connectivity index (χ0) is 17.8. The number of hydrogen-bond acceptors (Lipinski definition) is 5. The molecule has 0 saturated heterocycles. The number of fused-ring (bicyclic) bond motifs is 1. The third-order valence-corrected chi connectivity index (χ3v) is 4.85. The molecule has 0 bridgehead atoms. The van der Waals surface area contributed by atoms with E-state index in [0.717, 1.165) is 15.8 Å². The molecule has 0 aliphatic heterocycles. The van der Waals surface area contributed by atoms with Gasteiger partial charge in [-0.05, 0) is 29.6 Å². The molecule has 0 spiro atoms. The molecule has 1 unspecified atom stereocenters. The predicted octanol–water partition coefficient (Wildman–Crippen LogP) is 3.27. The monoisotopic (exact) mass is 358 g/mol. The smallest absolute Gasteiger partial charge is 0.307 e. The molecule has 1 aromatic carbocycles. The fourth-order valence-corrected chi connectivity index (χ4v) is 3.33. The quantitative estimate of drug-likeness (QED) is 0.663. The molecule has 6 nitrogen and oxygen atoms in total. The molecular formula is C18H18N2O4S. The number of hydrogen-bond donors (Lipinski definition) is 2. The SMILES string of the molecule is COC(=O)CC(NC(=O)c1cc2ccc(OC)cc2[nH]1)c1cccs1. The molecule has 130 valence electrons. The Balaban J connectivity index is 1.82. The van der Waals surface area contributed by atoms with E-state index >= 15 is 0 Å². The van der Waals surface area contributed by atoms with Gasteiger partial charge in [-0.1, -0.05) is 6.07 Å². The van der Waals surface area contributed by atoms with Crippen LogP contribution in [-0.4, -0.2) is 31.1 Å². The average molecular weight is 358 g/mol. The molecule has 7 heteroatoms. The summed E-state index contributed by atoms with van der Waals surface area (Å²) in [6, 6.07) is 10.7. The summed E-state index contributed by atoms with van der Waals surface area (Å²) in [5, 5.41) is 5.71. The van der Waals surface area contributed by atoms with Crippen LogP contribution in [0, 0.1) is 0 Å². The van der Waals surface area contributed by atoms with Crippen molar-refractivity contribution in [2.45, 2.75) is 12.5 Å². The van der Waals surface area contributed by atoms with E-state index in [1.165, 1.54) is 18.4 Å². The van der Waals surface area contributed by atoms with Gasteiger partial charge in [0.2, 0.25) is 0 Å². The summed E-state index contributed by atoms with van der Waals surface area (Å²) in [7, 11) is 2.93. The Kier molecular flexibility index (Phi) is 5.04. The standard InChI is InChI=1S/C18H18N2O4S/c1-23-12-6-5-11-8-15(19-13(11)9-12)18(22)20-14(10-17(21)24-2)16-4-3-7-25-16/h3-9,14,19H,10H2,1-2H3,(H,20,22). The van der Waals surface area contributed by atoms with Gasteiger partial charge in [0.05, 0.1) is 26.7 Å². The van der Waals surface area contributed by atoms with Gasteiger partial charge < -0.3 is 19.8 Å². The molecule has 2 N–H and O–H groups in total. The van der Waals surface area contributed by atoms with Gasteiger partial charge in [-0.25, -0.2) is 0 Å². The van der Waals surface area contributed by atoms with E-state index in [-0.39, 0.29) is 18.3 Å². The first kappa shape index (κ1) is 17.0. The maximum absolute atomic E-state index is 12.6. The Hall–Kier alpha value is -2.80. The number of esters is 1. The molecule has 3 rings (SSSR count). The Bertz CT molecular complexity index is 886. The lowest BCUT2D eigenvalue weighted by Gasteiger charge is -2.15. The first-order chi connectivity index (χ1) is 12.1. The summed E-state index contributed by atoms with van der Waals surface area (Å²) >= 11 is 1.48. The molecule has 3 aromatic rings. The molecule has 1 amide bonds. The Morgan fingerprint density at radius 1 is 1.24 bits per heavy atom. The maximum atomic E-state index is 12.6. The zero-order valence-electron chi connectivity index (χ0n) is 13.9. The number of H-pyrrole nitrogens is 1. The van der Waals surface area contributed by atoms with Gasteiger partial charge in [-0.3, -0.25) is 9.59 Å². The van der Waals surface area contributed by atoms with E-state index in [2.05, 4.69) is 10.3 Å². The maximum Gasteiger partial charge on any atom is 0.307 e. The first-order valence-electron chi connectivity index (χ1n) is 7.68. The molecule has 2 aromatic heterocycles. The van der Waals surface area contributed by atoms with Gasteiger partial charge in [0.25, 0.3) is 5.91 Å². The topological polar surface area (TPSA) is 80.4 Å². The van der Waals surface area contributed by atoms with Crippen LogP contribution in [0.15, 0.2) is 41.8 Å². The molecule has 0 aliphatic rings. The summed E-state index contributed by atoms with van der Waals surface area (Å²) in [4.78, 5) is 28.3. The number of methoxy groups -OCH3 is 2. The van der Waals surface area contributed by atoms with Crippen LogP contribution in [0.4, 0.5) is 0 Å². The van der Waals surface area contributed by atoms with E-state index in [9.17, 15) is 9.59 Å². The van der Waals surface area contributed by atoms with Crippen molar-refractivity contribution in [1.29, 1.82) is 0 Å². The van der Waals surface area contributed by atoms with E-state index in [1.807, 2.05) is 35.7 Å². The fraction of sp³-hybridized carbons (Fsp3) is 0.222. The van der Waals surface area contributed by atoms with Crippen molar-refractivity contribution < 1.29 is 19.1 Å². The minimum atomic E-state index is -0.430. The number of aromatic nitrogens is 1. The first-order valence-corrected chi connectivity index (χ1v) is 8.56. The number of carbonyl (C=O) groups is 2. The normalized spacial score (nSPS) is 11.9. The second kappa shape index (κ2) is 7.40. The van der Waals surface area contributed by atoms with Gasteiger partial charge in [0, 0.05) is 21.8 Å². The molecule has 0 saturated carbocycles. The van der Waals surface area contributed by atoms with Crippen LogP contribution in [0.5, 0.6) is 5.75 Å². The summed E-state index contributed by atoms with van der Waals surface area (Å²) in [6.07, 6.45) is 0.0802. The highest BCUT2D eigenvalue weighted by atomic mass is 32.1. The van der Waals surface area contributed by atoms with E-state index in [0.29, 0.717) is 11.4 Å². The minimum Gasteiger partial charge on any atom is -0.497 e. The van der Waals surface area contributed by atoms with Crippen LogP contribution in [-0.2, 0) is 9.53 Å². The van der Waals surface area contributed by atoms with Crippen LogP contribution < -0.4 is 10.1 Å². The fourth-order valence-electron chi connectivity index (χ4n) is 2.55. The van der Waals surface area contributed by atoms with Gasteiger partial charge in [-0.15, -0.1) is 11.3 Å². The second-order valence-corrected chi connectivity index (χ2v) is 6.44. The molecule has 1 atom stereocenters. The number of nitrogens with one attached hydrogen (secondary N) is 2. The number of carbonyl (C=O) groups excluding carboxylic acids is 2. The number of ether oxygens (including phenoxy) is 2. The van der Waals surface area contributed by atoms with Crippen molar-refractivity contribution in [2.24, 2.45) is 0 Å². The molecular weight excluding hydrogens is 340 g/mol. The third kappa shape index (κ3) is 3.83. The number of amides is 1. The lowest BCUT2D eigenvalue weighted by atomic mass is 10.1. The van der Waals surface area contributed by atoms with E-state index < -0.39 is 6.04 Å². The zero-order valence-corrected chi connectivity index (χ0v) is 14.7. The minimum absolute atomic E-state index is 0.0802. The van der Waals surface area contributed by atoms with Crippen molar-refractivity contribution in [1.82, 2.24) is 10.3 Å². The molecule has 0 aliphatic carbocycles. The van der Waals surface area contributed by atoms with Gasteiger partial charge in [0.1, 0.15) is 11.4 Å². The van der Waals surface area contributed by atoms with Gasteiger partial charge >= 0.3 is 5.97 Å². The van der Waals surface area contributed by atoms with Crippen LogP contribution in [0.1, 0.15) is 27.8 Å². The largest absolute Gasteiger partial charge is 0.497 e.